The molecule has 0 spiro atoms. The van der Waals surface area contributed by atoms with Crippen molar-refractivity contribution < 1.29 is 13.6 Å². The molecule has 2 aromatic rings. The van der Waals surface area contributed by atoms with Crippen LogP contribution in [-0.4, -0.2) is 66.5 Å². The lowest BCUT2D eigenvalue weighted by atomic mass is 9.87. The highest BCUT2D eigenvalue weighted by Crippen LogP contribution is 2.30. The van der Waals surface area contributed by atoms with Gasteiger partial charge in [0.25, 0.3) is 0 Å². The summed E-state index contributed by atoms with van der Waals surface area (Å²) in [6.45, 7) is 6.36. The van der Waals surface area contributed by atoms with Gasteiger partial charge in [0.05, 0.1) is 0 Å². The van der Waals surface area contributed by atoms with E-state index < -0.39 is 0 Å². The molecule has 0 radical (unpaired) electrons. The quantitative estimate of drug-likeness (QED) is 0.541. The second-order valence-electron chi connectivity index (χ2n) is 8.96. The van der Waals surface area contributed by atoms with Crippen LogP contribution < -0.4 is 0 Å². The van der Waals surface area contributed by atoms with Crippen molar-refractivity contribution in [1.82, 2.24) is 14.7 Å². The lowest BCUT2D eigenvalue weighted by molar-refractivity contribution is 0.174. The first-order valence-electron chi connectivity index (χ1n) is 11.9. The van der Waals surface area contributed by atoms with Crippen molar-refractivity contribution in [1.29, 1.82) is 0 Å². The van der Waals surface area contributed by atoms with Gasteiger partial charge in [0.2, 0.25) is 0 Å². The highest BCUT2D eigenvalue weighted by atomic mass is 19.1. The summed E-state index contributed by atoms with van der Waals surface area (Å²) in [6, 6.07) is 13.2. The summed E-state index contributed by atoms with van der Waals surface area (Å²) in [4.78, 5) is 19.2. The Morgan fingerprint density at radius 3 is 1.78 bits per heavy atom. The second kappa shape index (κ2) is 10.9. The normalized spacial score (nSPS) is 17.5. The van der Waals surface area contributed by atoms with Gasteiger partial charge in [0, 0.05) is 38.6 Å². The summed E-state index contributed by atoms with van der Waals surface area (Å²) in [7, 11) is 0. The van der Waals surface area contributed by atoms with E-state index in [0.717, 1.165) is 63.2 Å². The molecule has 172 valence electrons. The lowest BCUT2D eigenvalue weighted by Crippen LogP contribution is -2.40. The molecule has 0 N–H and O–H groups in total. The van der Waals surface area contributed by atoms with E-state index in [1.54, 1.807) is 24.3 Å². The van der Waals surface area contributed by atoms with Gasteiger partial charge in [0.15, 0.2) is 0 Å². The van der Waals surface area contributed by atoms with E-state index in [9.17, 15) is 13.6 Å². The molecule has 4 nitrogen and oxygen atoms in total. The van der Waals surface area contributed by atoms with E-state index >= 15 is 0 Å². The van der Waals surface area contributed by atoms with Gasteiger partial charge in [-0.15, -0.1) is 0 Å². The van der Waals surface area contributed by atoms with E-state index in [1.165, 1.54) is 43.5 Å². The summed E-state index contributed by atoms with van der Waals surface area (Å²) >= 11 is 0. The Balaban J connectivity index is 1.31. The molecule has 2 aliphatic heterocycles. The standard InChI is InChI=1S/C26H33F2N3O/c27-23-10-6-21(7-11-23)25(22-8-12-24(28)13-9-22)5-4-16-30-19-20-31(26(30)32)18-17-29-14-2-1-3-15-29/h6-13,25H,1-5,14-20H2. The van der Waals surface area contributed by atoms with Crippen LogP contribution in [0.15, 0.2) is 48.5 Å². The van der Waals surface area contributed by atoms with Crippen LogP contribution in [0.4, 0.5) is 13.6 Å². The maximum absolute atomic E-state index is 13.4. The fourth-order valence-corrected chi connectivity index (χ4v) is 4.89. The molecule has 0 unspecified atom stereocenters. The SMILES string of the molecule is O=C1N(CCCC(c2ccc(F)cc2)c2ccc(F)cc2)CCN1CCN1CCCCC1. The number of rotatable bonds is 9. The van der Waals surface area contributed by atoms with E-state index in [-0.39, 0.29) is 23.6 Å². The first-order valence-corrected chi connectivity index (χ1v) is 11.9. The number of halogens is 2. The number of hydrogen-bond donors (Lipinski definition) is 0. The van der Waals surface area contributed by atoms with Crippen LogP contribution in [0.1, 0.15) is 49.1 Å². The van der Waals surface area contributed by atoms with Gasteiger partial charge in [-0.25, -0.2) is 13.6 Å². The molecular formula is C26H33F2N3O. The van der Waals surface area contributed by atoms with E-state index in [2.05, 4.69) is 4.90 Å². The summed E-state index contributed by atoms with van der Waals surface area (Å²) in [6.07, 6.45) is 5.51. The molecule has 0 aromatic heterocycles. The number of benzene rings is 2. The Kier molecular flexibility index (Phi) is 7.74. The van der Waals surface area contributed by atoms with Crippen molar-refractivity contribution in [3.8, 4) is 0 Å². The number of piperidine rings is 1. The Hall–Kier alpha value is -2.47. The lowest BCUT2D eigenvalue weighted by Gasteiger charge is -2.28. The van der Waals surface area contributed by atoms with E-state index in [0.29, 0.717) is 6.54 Å². The smallest absolute Gasteiger partial charge is 0.320 e. The van der Waals surface area contributed by atoms with Crippen LogP contribution in [0.3, 0.4) is 0 Å². The summed E-state index contributed by atoms with van der Waals surface area (Å²) < 4.78 is 26.8. The van der Waals surface area contributed by atoms with Crippen molar-refractivity contribution in [2.24, 2.45) is 0 Å². The zero-order chi connectivity index (χ0) is 22.3. The van der Waals surface area contributed by atoms with Crippen LogP contribution in [0, 0.1) is 11.6 Å². The van der Waals surface area contributed by atoms with Crippen molar-refractivity contribution >= 4 is 6.03 Å². The average Bonchev–Trinajstić information content (AvgIpc) is 3.17. The minimum atomic E-state index is -0.265. The topological polar surface area (TPSA) is 26.8 Å². The predicted octanol–water partition coefficient (Wildman–Crippen LogP) is 5.10. The summed E-state index contributed by atoms with van der Waals surface area (Å²) in [5, 5.41) is 0. The molecule has 0 atom stereocenters. The van der Waals surface area contributed by atoms with Crippen LogP contribution >= 0.6 is 0 Å². The minimum absolute atomic E-state index is 0.0455. The van der Waals surface area contributed by atoms with Crippen LogP contribution in [0.5, 0.6) is 0 Å². The Bertz CT molecular complexity index is 820. The van der Waals surface area contributed by atoms with Gasteiger partial charge in [-0.1, -0.05) is 30.7 Å². The molecule has 0 saturated carbocycles. The highest BCUT2D eigenvalue weighted by molar-refractivity contribution is 5.76. The average molecular weight is 442 g/mol. The molecule has 2 saturated heterocycles. The number of carbonyl (C=O) groups excluding carboxylic acids is 1. The van der Waals surface area contributed by atoms with Crippen molar-refractivity contribution in [3.05, 3.63) is 71.3 Å². The molecular weight excluding hydrogens is 408 g/mol. The molecule has 2 fully saturated rings. The molecule has 2 heterocycles. The number of amides is 2. The van der Waals surface area contributed by atoms with Crippen molar-refractivity contribution in [3.63, 3.8) is 0 Å². The van der Waals surface area contributed by atoms with Crippen LogP contribution in [0.25, 0.3) is 0 Å². The minimum Gasteiger partial charge on any atom is -0.323 e. The second-order valence-corrected chi connectivity index (χ2v) is 8.96. The maximum atomic E-state index is 13.4. The fraction of sp³-hybridized carbons (Fsp3) is 0.500. The number of nitrogens with zero attached hydrogens (tertiary/aromatic N) is 3. The number of likely N-dealkylation sites (tertiary alicyclic amines) is 1. The monoisotopic (exact) mass is 441 g/mol. The van der Waals surface area contributed by atoms with Gasteiger partial charge in [-0.05, 0) is 74.2 Å². The number of urea groups is 1. The fourth-order valence-electron chi connectivity index (χ4n) is 4.89. The molecule has 2 amide bonds. The maximum Gasteiger partial charge on any atom is 0.320 e. The van der Waals surface area contributed by atoms with Gasteiger partial charge in [0.1, 0.15) is 11.6 Å². The molecule has 0 bridgehead atoms. The third-order valence-electron chi connectivity index (χ3n) is 6.78. The summed E-state index contributed by atoms with van der Waals surface area (Å²) in [5.41, 5.74) is 2.02. The Morgan fingerprint density at radius 2 is 1.22 bits per heavy atom. The van der Waals surface area contributed by atoms with E-state index in [1.807, 2.05) is 9.80 Å². The van der Waals surface area contributed by atoms with Gasteiger partial charge in [-0.2, -0.15) is 0 Å². The first kappa shape index (κ1) is 22.7. The molecule has 6 heteroatoms. The number of hydrogen-bond acceptors (Lipinski definition) is 2. The van der Waals surface area contributed by atoms with Crippen LogP contribution in [-0.2, 0) is 0 Å². The Labute approximate surface area is 189 Å². The van der Waals surface area contributed by atoms with Gasteiger partial charge in [-0.3, -0.25) is 0 Å². The molecule has 2 aliphatic rings. The number of carbonyl (C=O) groups is 1. The predicted molar refractivity (Wildman–Crippen MR) is 123 cm³/mol. The molecule has 2 aromatic carbocycles. The molecule has 32 heavy (non-hydrogen) atoms. The van der Waals surface area contributed by atoms with Crippen LogP contribution in [0.2, 0.25) is 0 Å². The third kappa shape index (κ3) is 5.85. The molecule has 4 rings (SSSR count). The highest BCUT2D eigenvalue weighted by Gasteiger charge is 2.28. The van der Waals surface area contributed by atoms with E-state index in [4.69, 9.17) is 0 Å². The largest absolute Gasteiger partial charge is 0.323 e. The van der Waals surface area contributed by atoms with Crippen molar-refractivity contribution in [2.75, 3.05) is 45.8 Å². The summed E-state index contributed by atoms with van der Waals surface area (Å²) in [5.74, 6) is -0.484. The van der Waals surface area contributed by atoms with Gasteiger partial charge < -0.3 is 14.7 Å². The molecule has 0 aliphatic carbocycles. The third-order valence-corrected chi connectivity index (χ3v) is 6.78. The Morgan fingerprint density at radius 1 is 0.688 bits per heavy atom. The zero-order valence-electron chi connectivity index (χ0n) is 18.7. The first-order chi connectivity index (χ1) is 15.6. The van der Waals surface area contributed by atoms with Gasteiger partial charge >= 0.3 is 6.03 Å². The zero-order valence-corrected chi connectivity index (χ0v) is 18.7. The van der Waals surface area contributed by atoms with Crippen molar-refractivity contribution in [2.45, 2.75) is 38.0 Å².